The van der Waals surface area contributed by atoms with Gasteiger partial charge in [0, 0.05) is 11.9 Å². The Morgan fingerprint density at radius 2 is 2.40 bits per heavy atom. The Labute approximate surface area is 117 Å². The number of hydrogen-bond donors (Lipinski definition) is 1. The Kier molecular flexibility index (Phi) is 4.36. The third-order valence-electron chi connectivity index (χ3n) is 2.23. The molecule has 2 rings (SSSR count). The van der Waals surface area contributed by atoms with E-state index < -0.39 is 18.3 Å². The van der Waals surface area contributed by atoms with E-state index in [1.165, 1.54) is 11.8 Å². The summed E-state index contributed by atoms with van der Waals surface area (Å²) in [6, 6.07) is 3.39. The molecule has 0 amide bonds. The number of aliphatic carboxylic acids is 1. The van der Waals surface area contributed by atoms with Crippen molar-refractivity contribution in [3.8, 4) is 11.5 Å². The molecule has 0 spiro atoms. The summed E-state index contributed by atoms with van der Waals surface area (Å²) < 4.78 is 5.73. The number of hydrogen-bond acceptors (Lipinski definition) is 6. The first-order chi connectivity index (χ1) is 9.61. The molecule has 0 unspecified atom stereocenters. The van der Waals surface area contributed by atoms with Crippen molar-refractivity contribution in [1.82, 2.24) is 14.8 Å². The predicted molar refractivity (Wildman–Crippen MR) is 72.6 cm³/mol. The van der Waals surface area contributed by atoms with E-state index in [0.29, 0.717) is 16.3 Å². The molecule has 0 radical (unpaired) electrons. The van der Waals surface area contributed by atoms with Crippen LogP contribution in [0.15, 0.2) is 45.2 Å². The first-order valence-corrected chi connectivity index (χ1v) is 6.59. The molecular formula is C12H11N3O4S. The number of thioether (sulfide) groups is 1. The fourth-order valence-corrected chi connectivity index (χ4v) is 2.17. The number of nitrogens with zero attached hydrogens (tertiary/aromatic N) is 3. The van der Waals surface area contributed by atoms with Crippen molar-refractivity contribution in [3.05, 3.63) is 41.5 Å². The molecule has 104 valence electrons. The van der Waals surface area contributed by atoms with Gasteiger partial charge in [-0.05, 0) is 12.1 Å². The van der Waals surface area contributed by atoms with Gasteiger partial charge in [0.1, 0.15) is 11.6 Å². The van der Waals surface area contributed by atoms with Gasteiger partial charge in [-0.3, -0.25) is 4.79 Å². The van der Waals surface area contributed by atoms with Gasteiger partial charge in [0.15, 0.2) is 0 Å². The zero-order valence-corrected chi connectivity index (χ0v) is 11.2. The topological polar surface area (TPSA) is 98.2 Å². The molecule has 20 heavy (non-hydrogen) atoms. The van der Waals surface area contributed by atoms with Gasteiger partial charge in [0.25, 0.3) is 5.89 Å². The van der Waals surface area contributed by atoms with E-state index in [0.717, 1.165) is 4.68 Å². The summed E-state index contributed by atoms with van der Waals surface area (Å²) in [6.45, 7) is 3.08. The van der Waals surface area contributed by atoms with Crippen LogP contribution < -0.4 is 5.76 Å². The van der Waals surface area contributed by atoms with Crippen molar-refractivity contribution in [2.45, 2.75) is 11.6 Å². The largest absolute Gasteiger partial charge is 0.480 e. The predicted octanol–water partition coefficient (Wildman–Crippen LogP) is 1.26. The number of carbonyl (C=O) groups is 1. The van der Waals surface area contributed by atoms with Crippen molar-refractivity contribution in [1.29, 1.82) is 0 Å². The molecule has 1 N–H and O–H groups in total. The lowest BCUT2D eigenvalue weighted by atomic mass is 10.3. The van der Waals surface area contributed by atoms with E-state index >= 15 is 0 Å². The van der Waals surface area contributed by atoms with E-state index in [2.05, 4.69) is 16.7 Å². The third kappa shape index (κ3) is 3.15. The maximum Gasteiger partial charge on any atom is 0.437 e. The zero-order chi connectivity index (χ0) is 14.5. The minimum absolute atomic E-state index is 0.0518. The SMILES string of the molecule is C=CCSc1ncccc1-c1nn(CC(=O)O)c(=O)o1. The second-order valence-electron chi connectivity index (χ2n) is 3.68. The molecule has 0 aliphatic carbocycles. The Morgan fingerprint density at radius 3 is 3.10 bits per heavy atom. The quantitative estimate of drug-likeness (QED) is 0.632. The van der Waals surface area contributed by atoms with Crippen LogP contribution in [-0.2, 0) is 11.3 Å². The number of carboxylic acids is 1. The van der Waals surface area contributed by atoms with Crippen LogP contribution in [0.25, 0.3) is 11.5 Å². The summed E-state index contributed by atoms with van der Waals surface area (Å²) >= 11 is 1.41. The molecule has 7 nitrogen and oxygen atoms in total. The van der Waals surface area contributed by atoms with Crippen molar-refractivity contribution in [2.24, 2.45) is 0 Å². The van der Waals surface area contributed by atoms with E-state index in [1.807, 2.05) is 0 Å². The average Bonchev–Trinajstić information content (AvgIpc) is 2.77. The standard InChI is InChI=1S/C12H11N3O4S/c1-2-6-20-11-8(4-3-5-13-11)10-14-15(7-9(16)17)12(18)19-10/h2-5H,1,6-7H2,(H,16,17). The zero-order valence-electron chi connectivity index (χ0n) is 10.4. The highest BCUT2D eigenvalue weighted by atomic mass is 32.2. The van der Waals surface area contributed by atoms with Gasteiger partial charge in [-0.25, -0.2) is 9.78 Å². The molecule has 2 aromatic heterocycles. The summed E-state index contributed by atoms with van der Waals surface area (Å²) in [5, 5.41) is 13.2. The maximum atomic E-state index is 11.5. The van der Waals surface area contributed by atoms with Crippen LogP contribution in [0, 0.1) is 0 Å². The third-order valence-corrected chi connectivity index (χ3v) is 3.23. The molecule has 0 aliphatic heterocycles. The van der Waals surface area contributed by atoms with Gasteiger partial charge < -0.3 is 9.52 Å². The number of pyridine rings is 1. The van der Waals surface area contributed by atoms with Crippen LogP contribution in [-0.4, -0.2) is 31.6 Å². The van der Waals surface area contributed by atoms with Crippen LogP contribution in [0.5, 0.6) is 0 Å². The normalized spacial score (nSPS) is 10.4. The monoisotopic (exact) mass is 293 g/mol. The van der Waals surface area contributed by atoms with Gasteiger partial charge in [0.05, 0.1) is 5.56 Å². The molecule has 8 heteroatoms. The minimum atomic E-state index is -1.17. The van der Waals surface area contributed by atoms with E-state index in [4.69, 9.17) is 9.52 Å². The van der Waals surface area contributed by atoms with Crippen LogP contribution >= 0.6 is 11.8 Å². The Balaban J connectivity index is 2.39. The van der Waals surface area contributed by atoms with Crippen molar-refractivity contribution in [3.63, 3.8) is 0 Å². The lowest BCUT2D eigenvalue weighted by Gasteiger charge is -2.02. The highest BCUT2D eigenvalue weighted by Gasteiger charge is 2.16. The summed E-state index contributed by atoms with van der Waals surface area (Å²) in [4.78, 5) is 26.3. The lowest BCUT2D eigenvalue weighted by Crippen LogP contribution is -2.20. The van der Waals surface area contributed by atoms with Gasteiger partial charge in [-0.1, -0.05) is 6.08 Å². The maximum absolute atomic E-state index is 11.5. The number of aromatic nitrogens is 3. The first-order valence-electron chi connectivity index (χ1n) is 5.60. The Bertz CT molecular complexity index is 692. The van der Waals surface area contributed by atoms with Gasteiger partial charge in [-0.2, -0.15) is 4.68 Å². The van der Waals surface area contributed by atoms with E-state index in [1.54, 1.807) is 24.4 Å². The summed E-state index contributed by atoms with van der Waals surface area (Å²) in [5.41, 5.74) is 0.542. The van der Waals surface area contributed by atoms with E-state index in [-0.39, 0.29) is 5.89 Å². The fourth-order valence-electron chi connectivity index (χ4n) is 1.45. The van der Waals surface area contributed by atoms with Crippen molar-refractivity contribution < 1.29 is 14.3 Å². The smallest absolute Gasteiger partial charge is 0.437 e. The molecule has 0 atom stereocenters. The molecule has 0 aromatic carbocycles. The number of rotatable bonds is 6. The van der Waals surface area contributed by atoms with Crippen LogP contribution in [0.3, 0.4) is 0 Å². The molecule has 0 aliphatic rings. The van der Waals surface area contributed by atoms with Crippen molar-refractivity contribution >= 4 is 17.7 Å². The van der Waals surface area contributed by atoms with Crippen LogP contribution in [0.1, 0.15) is 0 Å². The molecule has 0 bridgehead atoms. The molecule has 0 fully saturated rings. The molecule has 2 aromatic rings. The average molecular weight is 293 g/mol. The summed E-state index contributed by atoms with van der Waals surface area (Å²) in [7, 11) is 0. The first kappa shape index (κ1) is 14.1. The van der Waals surface area contributed by atoms with Gasteiger partial charge in [0.2, 0.25) is 0 Å². The fraction of sp³-hybridized carbons (Fsp3) is 0.167. The van der Waals surface area contributed by atoms with Crippen LogP contribution in [0.2, 0.25) is 0 Å². The van der Waals surface area contributed by atoms with Gasteiger partial charge in [-0.15, -0.1) is 23.4 Å². The second kappa shape index (κ2) is 6.20. The van der Waals surface area contributed by atoms with Crippen molar-refractivity contribution in [2.75, 3.05) is 5.75 Å². The highest BCUT2D eigenvalue weighted by molar-refractivity contribution is 7.99. The van der Waals surface area contributed by atoms with E-state index in [9.17, 15) is 9.59 Å². The summed E-state index contributed by atoms with van der Waals surface area (Å²) in [5.74, 6) is -1.29. The molecule has 2 heterocycles. The lowest BCUT2D eigenvalue weighted by molar-refractivity contribution is -0.138. The highest BCUT2D eigenvalue weighted by Crippen LogP contribution is 2.27. The Morgan fingerprint density at radius 1 is 1.60 bits per heavy atom. The minimum Gasteiger partial charge on any atom is -0.480 e. The molecular weight excluding hydrogens is 282 g/mol. The second-order valence-corrected chi connectivity index (χ2v) is 4.69. The Hall–Kier alpha value is -2.35. The summed E-state index contributed by atoms with van der Waals surface area (Å²) in [6.07, 6.45) is 3.34. The van der Waals surface area contributed by atoms with Gasteiger partial charge >= 0.3 is 11.7 Å². The molecule has 0 saturated carbocycles. The molecule has 0 saturated heterocycles. The number of carboxylic acid groups (broad SMARTS) is 1. The van der Waals surface area contributed by atoms with Crippen LogP contribution in [0.4, 0.5) is 0 Å².